The van der Waals surface area contributed by atoms with Crippen molar-refractivity contribution in [1.29, 1.82) is 0 Å². The van der Waals surface area contributed by atoms with Crippen LogP contribution in [0.5, 0.6) is 0 Å². The Kier molecular flexibility index (Phi) is 63.1. The summed E-state index contributed by atoms with van der Waals surface area (Å²) >= 11 is 0. The van der Waals surface area contributed by atoms with Gasteiger partial charge in [-0.05, 0) is 49.4 Å². The van der Waals surface area contributed by atoms with Gasteiger partial charge >= 0.3 is 39.5 Å². The van der Waals surface area contributed by atoms with Gasteiger partial charge in [0.05, 0.1) is 26.4 Å². The number of unbranched alkanes of at least 4 members (excludes halogenated alkanes) is 37. The molecule has 0 aromatic carbocycles. The summed E-state index contributed by atoms with van der Waals surface area (Å²) in [5, 5.41) is 10.6. The van der Waals surface area contributed by atoms with Gasteiger partial charge in [0, 0.05) is 25.7 Å². The lowest BCUT2D eigenvalue weighted by molar-refractivity contribution is -0.161. The maximum atomic E-state index is 13.1. The maximum Gasteiger partial charge on any atom is 0.472 e. The van der Waals surface area contributed by atoms with Crippen molar-refractivity contribution in [3.8, 4) is 0 Å². The summed E-state index contributed by atoms with van der Waals surface area (Å²) in [4.78, 5) is 72.8. The molecule has 19 heteroatoms. The van der Waals surface area contributed by atoms with Crippen LogP contribution in [0, 0.1) is 23.7 Å². The Hall–Kier alpha value is -1.94. The standard InChI is InChI=1S/C75H146O17P2/c1-9-68(8)54-46-38-30-21-16-17-23-33-41-49-57-74(79)91-70(61-85-72(77)55-47-39-31-22-15-13-11-10-12-14-19-27-35-43-51-65(2)3)63-89-93(81,82)87-59-69(76)60-88-94(83,84)90-64-71(62-86-73(78)56-48-40-32-26-25-29-37-45-53-67(6)7)92-75(80)58-50-42-34-24-18-20-28-36-44-52-66(4)5/h65-71,76H,9-64H2,1-8H3,(H,81,82)(H,83,84)/t68?,69?,70-,71-/m1/s1. The molecule has 0 bridgehead atoms. The van der Waals surface area contributed by atoms with Gasteiger partial charge in [-0.3, -0.25) is 37.3 Å². The van der Waals surface area contributed by atoms with Crippen molar-refractivity contribution in [3.05, 3.63) is 0 Å². The van der Waals surface area contributed by atoms with Crippen molar-refractivity contribution in [2.75, 3.05) is 39.6 Å². The van der Waals surface area contributed by atoms with Crippen molar-refractivity contribution in [3.63, 3.8) is 0 Å². The smallest absolute Gasteiger partial charge is 0.462 e. The molecule has 0 saturated heterocycles. The largest absolute Gasteiger partial charge is 0.472 e. The summed E-state index contributed by atoms with van der Waals surface area (Å²) in [5.41, 5.74) is 0. The average Bonchev–Trinajstić information content (AvgIpc) is 2.27. The molecule has 0 fully saturated rings. The molecule has 4 unspecified atom stereocenters. The summed E-state index contributed by atoms with van der Waals surface area (Å²) < 4.78 is 68.5. The SMILES string of the molecule is CCC(C)CCCCCCCCCCCCC(=O)O[C@H](COC(=O)CCCCCCCCCCCCCCCCC(C)C)COP(=O)(O)OCC(O)COP(=O)(O)OC[C@@H](COC(=O)CCCCCCCCCCC(C)C)OC(=O)CCCCCCCCCCCC(C)C. The molecule has 0 rings (SSSR count). The van der Waals surface area contributed by atoms with E-state index in [1.54, 1.807) is 0 Å². The number of aliphatic hydroxyl groups is 1. The summed E-state index contributed by atoms with van der Waals surface area (Å²) in [5.74, 6) is 0.942. The normalized spacial score (nSPS) is 14.4. The topological polar surface area (TPSA) is 237 Å². The van der Waals surface area contributed by atoms with E-state index in [0.29, 0.717) is 25.7 Å². The van der Waals surface area contributed by atoms with Gasteiger partial charge in [-0.15, -0.1) is 0 Å². The van der Waals surface area contributed by atoms with Gasteiger partial charge in [0.1, 0.15) is 19.3 Å². The zero-order valence-corrected chi connectivity index (χ0v) is 63.4. The van der Waals surface area contributed by atoms with Crippen molar-refractivity contribution >= 4 is 39.5 Å². The van der Waals surface area contributed by atoms with Gasteiger partial charge in [0.25, 0.3) is 0 Å². The Morgan fingerprint density at radius 3 is 0.755 bits per heavy atom. The maximum absolute atomic E-state index is 13.1. The number of rotatable bonds is 72. The first-order chi connectivity index (χ1) is 45.1. The second kappa shape index (κ2) is 64.4. The van der Waals surface area contributed by atoms with E-state index < -0.39 is 97.5 Å². The van der Waals surface area contributed by atoms with Crippen molar-refractivity contribution in [1.82, 2.24) is 0 Å². The number of carbonyl (C=O) groups is 4. The van der Waals surface area contributed by atoms with Gasteiger partial charge in [-0.25, -0.2) is 9.13 Å². The van der Waals surface area contributed by atoms with E-state index in [0.717, 1.165) is 114 Å². The first kappa shape index (κ1) is 92.1. The lowest BCUT2D eigenvalue weighted by Gasteiger charge is -2.21. The Morgan fingerprint density at radius 2 is 0.511 bits per heavy atom. The molecule has 17 nitrogen and oxygen atoms in total. The molecule has 0 spiro atoms. The molecule has 0 radical (unpaired) electrons. The second-order valence-electron chi connectivity index (χ2n) is 28.7. The monoisotopic (exact) mass is 1380 g/mol. The molecule has 0 aliphatic heterocycles. The first-order valence-electron chi connectivity index (χ1n) is 38.7. The van der Waals surface area contributed by atoms with E-state index in [1.165, 1.54) is 180 Å². The first-order valence-corrected chi connectivity index (χ1v) is 41.7. The fourth-order valence-corrected chi connectivity index (χ4v) is 12.9. The van der Waals surface area contributed by atoms with Crippen LogP contribution >= 0.6 is 15.6 Å². The number of hydrogen-bond acceptors (Lipinski definition) is 15. The summed E-state index contributed by atoms with van der Waals surface area (Å²) in [6.45, 7) is 14.2. The van der Waals surface area contributed by atoms with E-state index in [-0.39, 0.29) is 25.7 Å². The third-order valence-electron chi connectivity index (χ3n) is 17.7. The number of phosphoric ester groups is 2. The van der Waals surface area contributed by atoms with Crippen LogP contribution in [0.3, 0.4) is 0 Å². The molecule has 0 aromatic rings. The van der Waals surface area contributed by atoms with Gasteiger partial charge in [-0.2, -0.15) is 0 Å². The quantitative estimate of drug-likeness (QED) is 0.0222. The summed E-state index contributed by atoms with van der Waals surface area (Å²) in [6, 6.07) is 0. The predicted molar refractivity (Wildman–Crippen MR) is 381 cm³/mol. The number of phosphoric acid groups is 2. The Bertz CT molecular complexity index is 1850. The Balaban J connectivity index is 5.25. The predicted octanol–water partition coefficient (Wildman–Crippen LogP) is 21.7. The molecule has 3 N–H and O–H groups in total. The van der Waals surface area contributed by atoms with Gasteiger partial charge < -0.3 is 33.8 Å². The Morgan fingerprint density at radius 1 is 0.298 bits per heavy atom. The Labute approximate surface area is 575 Å². The van der Waals surface area contributed by atoms with Crippen LogP contribution in [0.4, 0.5) is 0 Å². The molecule has 0 aliphatic carbocycles. The minimum atomic E-state index is -4.96. The third kappa shape index (κ3) is 67.3. The van der Waals surface area contributed by atoms with E-state index >= 15 is 0 Å². The lowest BCUT2D eigenvalue weighted by Crippen LogP contribution is -2.30. The number of carbonyl (C=O) groups excluding carboxylic acids is 4. The molecular weight excluding hydrogens is 1230 g/mol. The van der Waals surface area contributed by atoms with Crippen molar-refractivity contribution in [2.24, 2.45) is 23.7 Å². The van der Waals surface area contributed by atoms with Gasteiger partial charge in [0.2, 0.25) is 0 Å². The highest BCUT2D eigenvalue weighted by Gasteiger charge is 2.30. The van der Waals surface area contributed by atoms with Gasteiger partial charge in [0.15, 0.2) is 12.2 Å². The molecule has 0 aromatic heterocycles. The molecule has 0 heterocycles. The summed E-state index contributed by atoms with van der Waals surface area (Å²) in [7, 11) is -9.91. The number of ether oxygens (including phenoxy) is 4. The lowest BCUT2D eigenvalue weighted by atomic mass is 9.99. The fraction of sp³-hybridized carbons (Fsp3) is 0.947. The number of esters is 4. The van der Waals surface area contributed by atoms with Crippen LogP contribution in [0.25, 0.3) is 0 Å². The third-order valence-corrected chi connectivity index (χ3v) is 19.6. The van der Waals surface area contributed by atoms with Crippen LogP contribution in [0.15, 0.2) is 0 Å². The fourth-order valence-electron chi connectivity index (χ4n) is 11.3. The second-order valence-corrected chi connectivity index (χ2v) is 31.6. The van der Waals surface area contributed by atoms with Crippen LogP contribution < -0.4 is 0 Å². The molecular formula is C75H146O17P2. The minimum absolute atomic E-state index is 0.104. The zero-order valence-electron chi connectivity index (χ0n) is 61.6. The molecule has 558 valence electrons. The van der Waals surface area contributed by atoms with E-state index in [9.17, 15) is 43.2 Å². The van der Waals surface area contributed by atoms with Gasteiger partial charge in [-0.1, -0.05) is 325 Å². The molecule has 0 aliphatic rings. The van der Waals surface area contributed by atoms with E-state index in [2.05, 4.69) is 55.4 Å². The van der Waals surface area contributed by atoms with E-state index in [4.69, 9.17) is 37.0 Å². The average molecular weight is 1380 g/mol. The van der Waals surface area contributed by atoms with Crippen LogP contribution in [-0.2, 0) is 65.4 Å². The highest BCUT2D eigenvalue weighted by molar-refractivity contribution is 7.47. The molecule has 0 amide bonds. The number of hydrogen-bond donors (Lipinski definition) is 3. The van der Waals surface area contributed by atoms with Crippen LogP contribution in [-0.4, -0.2) is 96.7 Å². The number of aliphatic hydroxyl groups excluding tert-OH is 1. The summed E-state index contributed by atoms with van der Waals surface area (Å²) in [6.07, 6.45) is 48.5. The molecule has 0 saturated carbocycles. The highest BCUT2D eigenvalue weighted by atomic mass is 31.2. The highest BCUT2D eigenvalue weighted by Crippen LogP contribution is 2.45. The van der Waals surface area contributed by atoms with Crippen molar-refractivity contribution < 1.29 is 80.2 Å². The molecule has 6 atom stereocenters. The van der Waals surface area contributed by atoms with Crippen molar-refractivity contribution in [2.45, 2.75) is 395 Å². The zero-order chi connectivity index (χ0) is 69.6. The molecule has 94 heavy (non-hydrogen) atoms. The van der Waals surface area contributed by atoms with Crippen LogP contribution in [0.2, 0.25) is 0 Å². The van der Waals surface area contributed by atoms with E-state index in [1.807, 2.05) is 0 Å². The van der Waals surface area contributed by atoms with Crippen LogP contribution in [0.1, 0.15) is 376 Å². The minimum Gasteiger partial charge on any atom is -0.462 e.